The molecule has 1 amide bonds. The molecule has 6 heteroatoms. The Kier molecular flexibility index (Phi) is 5.58. The van der Waals surface area contributed by atoms with Crippen molar-refractivity contribution in [1.29, 1.82) is 0 Å². The maximum Gasteiger partial charge on any atom is 0.304 e. The minimum absolute atomic E-state index is 0.0704. The van der Waals surface area contributed by atoms with Crippen LogP contribution in [0.5, 0.6) is 0 Å². The Morgan fingerprint density at radius 3 is 2.52 bits per heavy atom. The van der Waals surface area contributed by atoms with Crippen LogP contribution in [0.15, 0.2) is 18.2 Å². The normalized spacial score (nSPS) is 16.0. The number of hydrogen-bond donors (Lipinski definition) is 1. The molecule has 0 saturated carbocycles. The number of aryl methyl sites for hydroxylation is 1. The second kappa shape index (κ2) is 7.22. The monoisotopic (exact) mass is 402 g/mol. The summed E-state index contributed by atoms with van der Waals surface area (Å²) in [6, 6.07) is 5.78. The van der Waals surface area contributed by atoms with Crippen LogP contribution in [0.4, 0.5) is 0 Å². The predicted molar refractivity (Wildman–Crippen MR) is 88.5 cm³/mol. The van der Waals surface area contributed by atoms with Crippen molar-refractivity contribution in [3.05, 3.63) is 32.9 Å². The average molecular weight is 402 g/mol. The number of aliphatic carboxylic acids is 1. The molecular formula is C15H19IN2O3. The second-order valence-electron chi connectivity index (χ2n) is 5.21. The average Bonchev–Trinajstić information content (AvgIpc) is 2.48. The summed E-state index contributed by atoms with van der Waals surface area (Å²) >= 11 is 2.22. The molecule has 1 saturated heterocycles. The molecule has 2 rings (SSSR count). The van der Waals surface area contributed by atoms with Gasteiger partial charge in [-0.3, -0.25) is 14.5 Å². The molecule has 0 unspecified atom stereocenters. The molecular weight excluding hydrogens is 383 g/mol. The number of nitrogens with zero attached hydrogens (tertiary/aromatic N) is 2. The molecule has 0 aromatic heterocycles. The minimum atomic E-state index is -0.775. The number of rotatable bonds is 4. The molecule has 1 heterocycles. The number of amides is 1. The van der Waals surface area contributed by atoms with E-state index in [0.717, 1.165) is 27.8 Å². The third-order valence-electron chi connectivity index (χ3n) is 3.72. The van der Waals surface area contributed by atoms with Gasteiger partial charge in [0.25, 0.3) is 5.91 Å². The Hall–Kier alpha value is -1.15. The highest BCUT2D eigenvalue weighted by Gasteiger charge is 2.23. The summed E-state index contributed by atoms with van der Waals surface area (Å²) in [5.41, 5.74) is 1.87. The number of carbonyl (C=O) groups excluding carboxylic acids is 1. The number of carbonyl (C=O) groups is 2. The lowest BCUT2D eigenvalue weighted by molar-refractivity contribution is -0.137. The van der Waals surface area contributed by atoms with E-state index in [1.165, 1.54) is 0 Å². The highest BCUT2D eigenvalue weighted by Crippen LogP contribution is 2.19. The highest BCUT2D eigenvalue weighted by atomic mass is 127. The smallest absolute Gasteiger partial charge is 0.304 e. The summed E-state index contributed by atoms with van der Waals surface area (Å²) < 4.78 is 1.01. The fraction of sp³-hybridized carbons (Fsp3) is 0.467. The van der Waals surface area contributed by atoms with Crippen molar-refractivity contribution in [2.45, 2.75) is 13.3 Å². The fourth-order valence-corrected chi connectivity index (χ4v) is 3.00. The van der Waals surface area contributed by atoms with Gasteiger partial charge in [0.1, 0.15) is 0 Å². The zero-order chi connectivity index (χ0) is 15.4. The lowest BCUT2D eigenvalue weighted by Gasteiger charge is -2.34. The van der Waals surface area contributed by atoms with E-state index in [4.69, 9.17) is 5.11 Å². The van der Waals surface area contributed by atoms with Gasteiger partial charge in [-0.25, -0.2) is 0 Å². The van der Waals surface area contributed by atoms with Crippen molar-refractivity contribution in [2.75, 3.05) is 32.7 Å². The Labute approximate surface area is 138 Å². The second-order valence-corrected chi connectivity index (χ2v) is 6.29. The number of benzene rings is 1. The van der Waals surface area contributed by atoms with E-state index in [-0.39, 0.29) is 12.3 Å². The van der Waals surface area contributed by atoms with Crippen LogP contribution < -0.4 is 0 Å². The number of halogens is 1. The lowest BCUT2D eigenvalue weighted by Crippen LogP contribution is -2.49. The molecule has 0 radical (unpaired) electrons. The van der Waals surface area contributed by atoms with Crippen LogP contribution in [0.25, 0.3) is 0 Å². The van der Waals surface area contributed by atoms with Gasteiger partial charge in [-0.1, -0.05) is 12.1 Å². The first-order chi connectivity index (χ1) is 9.99. The van der Waals surface area contributed by atoms with Crippen molar-refractivity contribution < 1.29 is 14.7 Å². The van der Waals surface area contributed by atoms with Gasteiger partial charge in [-0.2, -0.15) is 0 Å². The minimum Gasteiger partial charge on any atom is -0.481 e. The highest BCUT2D eigenvalue weighted by molar-refractivity contribution is 14.1. The molecule has 0 bridgehead atoms. The van der Waals surface area contributed by atoms with Crippen LogP contribution in [0.2, 0.25) is 0 Å². The van der Waals surface area contributed by atoms with Crippen molar-refractivity contribution in [3.63, 3.8) is 0 Å². The Balaban J connectivity index is 1.94. The van der Waals surface area contributed by atoms with Gasteiger partial charge in [0.2, 0.25) is 0 Å². The van der Waals surface area contributed by atoms with E-state index < -0.39 is 5.97 Å². The van der Waals surface area contributed by atoms with Gasteiger partial charge >= 0.3 is 5.97 Å². The van der Waals surface area contributed by atoms with Gasteiger partial charge in [-0.05, 0) is 41.1 Å². The molecule has 1 aliphatic rings. The van der Waals surface area contributed by atoms with E-state index in [1.54, 1.807) is 0 Å². The summed E-state index contributed by atoms with van der Waals surface area (Å²) in [7, 11) is 0. The summed E-state index contributed by atoms with van der Waals surface area (Å²) in [6.07, 6.45) is 0.156. The van der Waals surface area contributed by atoms with Crippen molar-refractivity contribution in [1.82, 2.24) is 9.80 Å². The van der Waals surface area contributed by atoms with Crippen molar-refractivity contribution in [3.8, 4) is 0 Å². The SMILES string of the molecule is Cc1cccc(C(=O)N2CCN(CCC(=O)O)CC2)c1I. The Morgan fingerprint density at radius 2 is 1.90 bits per heavy atom. The summed E-state index contributed by atoms with van der Waals surface area (Å²) in [5, 5.41) is 8.70. The van der Waals surface area contributed by atoms with Crippen molar-refractivity contribution >= 4 is 34.5 Å². The topological polar surface area (TPSA) is 60.9 Å². The van der Waals surface area contributed by atoms with Crippen LogP contribution in [0, 0.1) is 10.5 Å². The lowest BCUT2D eigenvalue weighted by atomic mass is 10.1. The maximum absolute atomic E-state index is 12.6. The first kappa shape index (κ1) is 16.2. The Bertz CT molecular complexity index is 540. The number of carboxylic acids is 1. The van der Waals surface area contributed by atoms with Gasteiger partial charge < -0.3 is 10.0 Å². The standard InChI is InChI=1S/C15H19IN2O3/c1-11-3-2-4-12(14(11)16)15(21)18-9-7-17(8-10-18)6-5-13(19)20/h2-4H,5-10H2,1H3,(H,19,20). The number of piperazine rings is 1. The molecule has 0 spiro atoms. The summed E-state index contributed by atoms with van der Waals surface area (Å²) in [4.78, 5) is 27.1. The van der Waals surface area contributed by atoms with Crippen LogP contribution in [0.1, 0.15) is 22.3 Å². The number of carboxylic acid groups (broad SMARTS) is 1. The third kappa shape index (κ3) is 4.16. The molecule has 1 aliphatic heterocycles. The Morgan fingerprint density at radius 1 is 1.24 bits per heavy atom. The predicted octanol–water partition coefficient (Wildman–Crippen LogP) is 1.83. The van der Waals surface area contributed by atoms with E-state index in [2.05, 4.69) is 27.5 Å². The molecule has 1 N–H and O–H groups in total. The van der Waals surface area contributed by atoms with E-state index in [0.29, 0.717) is 19.6 Å². The molecule has 114 valence electrons. The molecule has 21 heavy (non-hydrogen) atoms. The molecule has 1 aromatic carbocycles. The molecule has 5 nitrogen and oxygen atoms in total. The van der Waals surface area contributed by atoms with Gasteiger partial charge in [0.05, 0.1) is 12.0 Å². The number of hydrogen-bond acceptors (Lipinski definition) is 3. The fourth-order valence-electron chi connectivity index (χ4n) is 2.41. The first-order valence-electron chi connectivity index (χ1n) is 6.97. The zero-order valence-electron chi connectivity index (χ0n) is 12.0. The molecule has 0 atom stereocenters. The van der Waals surface area contributed by atoms with Crippen LogP contribution in [-0.2, 0) is 4.79 Å². The van der Waals surface area contributed by atoms with Gasteiger partial charge in [0.15, 0.2) is 0 Å². The van der Waals surface area contributed by atoms with Crippen LogP contribution in [0.3, 0.4) is 0 Å². The van der Waals surface area contributed by atoms with E-state index >= 15 is 0 Å². The van der Waals surface area contributed by atoms with E-state index in [1.807, 2.05) is 30.0 Å². The molecule has 1 aromatic rings. The largest absolute Gasteiger partial charge is 0.481 e. The van der Waals surface area contributed by atoms with Crippen LogP contribution in [-0.4, -0.2) is 59.5 Å². The summed E-state index contributed by atoms with van der Waals surface area (Å²) in [5.74, 6) is -0.705. The zero-order valence-corrected chi connectivity index (χ0v) is 14.2. The maximum atomic E-state index is 12.6. The third-order valence-corrected chi connectivity index (χ3v) is 5.16. The molecule has 1 fully saturated rings. The quantitative estimate of drug-likeness (QED) is 0.781. The first-order valence-corrected chi connectivity index (χ1v) is 8.05. The van der Waals surface area contributed by atoms with Gasteiger partial charge in [-0.15, -0.1) is 0 Å². The van der Waals surface area contributed by atoms with Gasteiger partial charge in [0, 0.05) is 36.3 Å². The van der Waals surface area contributed by atoms with E-state index in [9.17, 15) is 9.59 Å². The van der Waals surface area contributed by atoms with Crippen LogP contribution >= 0.6 is 22.6 Å². The van der Waals surface area contributed by atoms with Crippen molar-refractivity contribution in [2.24, 2.45) is 0 Å². The molecule has 0 aliphatic carbocycles. The summed E-state index contributed by atoms with van der Waals surface area (Å²) in [6.45, 7) is 5.34.